The van der Waals surface area contributed by atoms with Crippen LogP contribution in [0.3, 0.4) is 0 Å². The van der Waals surface area contributed by atoms with Gasteiger partial charge < -0.3 is 95.2 Å². The lowest BCUT2D eigenvalue weighted by atomic mass is 9.99. The number of fused-ring (bicyclic) bond motifs is 2. The summed E-state index contributed by atoms with van der Waals surface area (Å²) in [5.41, 5.74) is 19.6. The van der Waals surface area contributed by atoms with E-state index in [9.17, 15) is 63.6 Å². The fraction of sp³-hybridized carbons (Fsp3) is 0.433. The number of hydrogen-bond acceptors (Lipinski definition) is 15. The van der Waals surface area contributed by atoms with Crippen LogP contribution >= 0.6 is 0 Å². The molecule has 8 amide bonds. The van der Waals surface area contributed by atoms with Crippen LogP contribution in [0.5, 0.6) is 5.75 Å². The van der Waals surface area contributed by atoms with Crippen molar-refractivity contribution < 1.29 is 78.3 Å². The van der Waals surface area contributed by atoms with Gasteiger partial charge in [-0.05, 0) is 78.5 Å². The van der Waals surface area contributed by atoms with Gasteiger partial charge in [-0.1, -0.05) is 76.2 Å². The summed E-state index contributed by atoms with van der Waals surface area (Å²) in [5.74, 6) is -13.5. The number of para-hydroxylation sites is 2. The van der Waals surface area contributed by atoms with Gasteiger partial charge in [0.25, 0.3) is 0 Å². The van der Waals surface area contributed by atoms with Crippen molar-refractivity contribution >= 4 is 92.9 Å². The smallest absolute Gasteiger partial charge is 0.326 e. The molecule has 30 nitrogen and oxygen atoms in total. The van der Waals surface area contributed by atoms with Crippen LogP contribution in [-0.2, 0) is 72.0 Å². The Morgan fingerprint density at radius 3 is 1.37 bits per heavy atom. The Balaban J connectivity index is 1.54. The average Bonchev–Trinajstić information content (AvgIpc) is 2.11. The van der Waals surface area contributed by atoms with E-state index in [0.717, 1.165) is 0 Å². The van der Waals surface area contributed by atoms with Crippen LogP contribution in [-0.4, -0.2) is 174 Å². The van der Waals surface area contributed by atoms with Gasteiger partial charge in [0, 0.05) is 72.8 Å². The number of carbonyl (C=O) groups is 11. The average molecular weight is 1250 g/mol. The molecule has 0 aliphatic carbocycles. The quantitative estimate of drug-likeness (QED) is 0.0127. The van der Waals surface area contributed by atoms with Crippen molar-refractivity contribution in [1.29, 1.82) is 0 Å². The molecule has 0 aliphatic rings. The standard InChI is InChI=1S/C60H80N14O16/c1-30(2)49(73-51(81)38(61)19-21-47(77)78)58(88)68-42(20-22-48(79)80)53(83)70-44(25-33-27-65-39-12-7-5-10-36(33)39)56(86)71-45(26-34-28-66-40-13-8-6-11-37(34)40)55(85)69-43(24-32-15-17-35(76)18-16-32)54(84)67-41(14-9-23-64-60(62)63)52(82)72-46(29-75)57(87)74-50(31(3)4)59(89)90/h5-8,10-13,15-18,27-28,30-31,38,41-46,49-50,65-66,75-76H,9,14,19-26,29,61H2,1-4H3,(H,67,84)(H,68,88)(H,69,85)(H,70,83)(H,71,86)(H,72,82)(H,73,81)(H,74,87)(H,77,78)(H,79,80)(H,89,90)(H4,62,63,64)/t38-,41-,42-,43-,44-,45-,46-,49-,50-/m0/s1. The highest BCUT2D eigenvalue weighted by atomic mass is 16.4. The number of aromatic hydroxyl groups is 1. The van der Waals surface area contributed by atoms with Crippen molar-refractivity contribution in [1.82, 2.24) is 52.5 Å². The van der Waals surface area contributed by atoms with Gasteiger partial charge in [0.2, 0.25) is 47.3 Å². The number of aliphatic hydroxyl groups is 1. The van der Waals surface area contributed by atoms with Gasteiger partial charge in [0.15, 0.2) is 5.96 Å². The Hall–Kier alpha value is -10.1. The van der Waals surface area contributed by atoms with Crippen LogP contribution in [0, 0.1) is 11.8 Å². The number of aliphatic hydroxyl groups excluding tert-OH is 1. The molecule has 0 bridgehead atoms. The number of hydrogen-bond donors (Lipinski definition) is 18. The second kappa shape index (κ2) is 33.9. The molecule has 5 rings (SSSR count). The van der Waals surface area contributed by atoms with Crippen LogP contribution in [0.25, 0.3) is 21.8 Å². The van der Waals surface area contributed by atoms with Crippen molar-refractivity contribution in [2.24, 2.45) is 34.0 Å². The van der Waals surface area contributed by atoms with E-state index < -0.39 is 157 Å². The lowest BCUT2D eigenvalue weighted by molar-refractivity contribution is -0.144. The van der Waals surface area contributed by atoms with Gasteiger partial charge in [-0.2, -0.15) is 0 Å². The number of aliphatic imine (C=N–C) groups is 1. The van der Waals surface area contributed by atoms with E-state index >= 15 is 9.59 Å². The number of H-pyrrole nitrogens is 2. The lowest BCUT2D eigenvalue weighted by Crippen LogP contribution is -2.61. The third kappa shape index (κ3) is 21.3. The zero-order valence-electron chi connectivity index (χ0n) is 50.1. The molecule has 5 aromatic rings. The normalized spacial score (nSPS) is 14.3. The van der Waals surface area contributed by atoms with E-state index in [0.29, 0.717) is 38.5 Å². The number of phenols is 1. The maximum atomic E-state index is 15.2. The first-order valence-electron chi connectivity index (χ1n) is 29.0. The van der Waals surface area contributed by atoms with Crippen LogP contribution in [0.4, 0.5) is 0 Å². The highest BCUT2D eigenvalue weighted by molar-refractivity contribution is 5.99. The molecule has 0 unspecified atom stereocenters. The summed E-state index contributed by atoms with van der Waals surface area (Å²) in [5, 5.41) is 70.6. The molecule has 0 saturated heterocycles. The third-order valence-electron chi connectivity index (χ3n) is 14.6. The van der Waals surface area contributed by atoms with Crippen molar-refractivity contribution in [2.45, 2.75) is 140 Å². The second-order valence-electron chi connectivity index (χ2n) is 22.3. The summed E-state index contributed by atoms with van der Waals surface area (Å²) in [7, 11) is 0. The zero-order valence-corrected chi connectivity index (χ0v) is 50.1. The van der Waals surface area contributed by atoms with Crippen LogP contribution in [0.2, 0.25) is 0 Å². The zero-order chi connectivity index (χ0) is 66.4. The summed E-state index contributed by atoms with van der Waals surface area (Å²) in [6.07, 6.45) is 0.250. The molecule has 0 radical (unpaired) electrons. The molecule has 21 N–H and O–H groups in total. The number of aromatic amines is 2. The van der Waals surface area contributed by atoms with Crippen molar-refractivity contribution in [3.05, 3.63) is 102 Å². The van der Waals surface area contributed by atoms with Gasteiger partial charge in [0.05, 0.1) is 12.6 Å². The van der Waals surface area contributed by atoms with E-state index in [4.69, 9.17) is 22.3 Å². The molecule has 0 saturated carbocycles. The minimum atomic E-state index is -1.71. The maximum absolute atomic E-state index is 15.2. The molecule has 2 heterocycles. The molecule has 9 atom stereocenters. The first-order chi connectivity index (χ1) is 42.6. The van der Waals surface area contributed by atoms with Gasteiger partial charge in [-0.15, -0.1) is 0 Å². The number of nitrogens with one attached hydrogen (secondary N) is 10. The molecular weight excluding hydrogens is 1170 g/mol. The highest BCUT2D eigenvalue weighted by Gasteiger charge is 2.37. The number of aromatic nitrogens is 2. The Kier molecular flexibility index (Phi) is 26.6. The number of amides is 8. The molecule has 3 aromatic carbocycles. The first kappa shape index (κ1) is 70.7. The second-order valence-corrected chi connectivity index (χ2v) is 22.3. The predicted molar refractivity (Wildman–Crippen MR) is 327 cm³/mol. The molecule has 0 spiro atoms. The number of phenolic OH excluding ortho intramolecular Hbond substituents is 1. The van der Waals surface area contributed by atoms with E-state index in [1.807, 2.05) is 0 Å². The SMILES string of the molecule is CC(C)[C@H](NC(=O)[C@H](CO)NC(=O)[C@H](CCCN=C(N)N)NC(=O)[C@H](Cc1ccc(O)cc1)NC(=O)[C@H](Cc1c[nH]c2ccccc12)NC(=O)[C@H](Cc1c[nH]c2ccccc12)NC(=O)[C@H](CCC(=O)O)NC(=O)[C@@H](NC(=O)[C@@H](N)CCC(=O)O)C(C)C)C(=O)O. The highest BCUT2D eigenvalue weighted by Crippen LogP contribution is 2.22. The summed E-state index contributed by atoms with van der Waals surface area (Å²) in [6.45, 7) is 5.15. The van der Waals surface area contributed by atoms with Crippen molar-refractivity contribution in [3.63, 3.8) is 0 Å². The summed E-state index contributed by atoms with van der Waals surface area (Å²) in [4.78, 5) is 160. The molecular formula is C60H80N14O16. The fourth-order valence-electron chi connectivity index (χ4n) is 9.64. The predicted octanol–water partition coefficient (Wildman–Crippen LogP) is -1.24. The van der Waals surface area contributed by atoms with E-state index in [-0.39, 0.29) is 56.8 Å². The number of carboxylic acids is 3. The molecule has 30 heteroatoms. The first-order valence-corrected chi connectivity index (χ1v) is 29.0. The third-order valence-corrected chi connectivity index (χ3v) is 14.6. The lowest BCUT2D eigenvalue weighted by Gasteiger charge is -2.28. The number of nitrogens with zero attached hydrogens (tertiary/aromatic N) is 1. The molecule has 0 aliphatic heterocycles. The topological polar surface area (TPSA) is 507 Å². The van der Waals surface area contributed by atoms with E-state index in [1.54, 1.807) is 74.8 Å². The minimum absolute atomic E-state index is 0.0424. The number of carbonyl (C=O) groups excluding carboxylic acids is 8. The summed E-state index contributed by atoms with van der Waals surface area (Å²) >= 11 is 0. The van der Waals surface area contributed by atoms with Gasteiger partial charge >= 0.3 is 17.9 Å². The van der Waals surface area contributed by atoms with Gasteiger partial charge in [0.1, 0.15) is 54.1 Å². The molecule has 90 heavy (non-hydrogen) atoms. The molecule has 2 aromatic heterocycles. The van der Waals surface area contributed by atoms with Crippen LogP contribution < -0.4 is 59.7 Å². The number of carboxylic acid groups (broad SMARTS) is 3. The Labute approximate surface area is 516 Å². The minimum Gasteiger partial charge on any atom is -0.508 e. The van der Waals surface area contributed by atoms with Crippen LogP contribution in [0.15, 0.2) is 90.2 Å². The summed E-state index contributed by atoms with van der Waals surface area (Å²) < 4.78 is 0. The molecule has 486 valence electrons. The number of rotatable bonds is 36. The Morgan fingerprint density at radius 1 is 0.489 bits per heavy atom. The largest absolute Gasteiger partial charge is 0.508 e. The van der Waals surface area contributed by atoms with Crippen LogP contribution in [0.1, 0.15) is 82.9 Å². The fourth-order valence-corrected chi connectivity index (χ4v) is 9.64. The Bertz CT molecular complexity index is 3380. The maximum Gasteiger partial charge on any atom is 0.326 e. The van der Waals surface area contributed by atoms with Crippen molar-refractivity contribution in [3.8, 4) is 5.75 Å². The monoisotopic (exact) mass is 1250 g/mol. The molecule has 0 fully saturated rings. The number of aliphatic carboxylic acids is 3. The number of nitrogens with two attached hydrogens (primary N) is 3. The Morgan fingerprint density at radius 2 is 0.900 bits per heavy atom. The van der Waals surface area contributed by atoms with E-state index in [1.165, 1.54) is 38.1 Å². The van der Waals surface area contributed by atoms with Crippen molar-refractivity contribution in [2.75, 3.05) is 13.2 Å². The number of guanidine groups is 1. The number of benzene rings is 3. The van der Waals surface area contributed by atoms with Gasteiger partial charge in [-0.25, -0.2) is 4.79 Å². The van der Waals surface area contributed by atoms with Gasteiger partial charge in [-0.3, -0.25) is 52.9 Å². The summed E-state index contributed by atoms with van der Waals surface area (Å²) in [6, 6.07) is 5.71. The van der Waals surface area contributed by atoms with E-state index in [2.05, 4.69) is 57.5 Å².